The SMILES string of the molecule is COc1ccc(Cl)c(NS(=O)(=O)c2cc(F)ccc2Cl)c1. The average molecular weight is 350 g/mol. The Morgan fingerprint density at radius 1 is 1.10 bits per heavy atom. The van der Waals surface area contributed by atoms with E-state index in [9.17, 15) is 12.8 Å². The summed E-state index contributed by atoms with van der Waals surface area (Å²) in [5, 5.41) is 0.0785. The number of rotatable bonds is 4. The van der Waals surface area contributed by atoms with Crippen molar-refractivity contribution < 1.29 is 17.5 Å². The fourth-order valence-electron chi connectivity index (χ4n) is 1.59. The van der Waals surface area contributed by atoms with E-state index < -0.39 is 15.8 Å². The number of halogens is 3. The molecule has 0 aliphatic rings. The average Bonchev–Trinajstić information content (AvgIpc) is 2.43. The molecule has 21 heavy (non-hydrogen) atoms. The number of ether oxygens (including phenoxy) is 1. The summed E-state index contributed by atoms with van der Waals surface area (Å²) < 4.78 is 45.0. The summed E-state index contributed by atoms with van der Waals surface area (Å²) in [5.41, 5.74) is 0.108. The van der Waals surface area contributed by atoms with Crippen LogP contribution in [0.3, 0.4) is 0 Å². The molecule has 0 aliphatic heterocycles. The molecule has 2 aromatic carbocycles. The molecule has 112 valence electrons. The zero-order valence-corrected chi connectivity index (χ0v) is 13.1. The van der Waals surface area contributed by atoms with Crippen LogP contribution in [-0.4, -0.2) is 15.5 Å². The summed E-state index contributed by atoms with van der Waals surface area (Å²) in [4.78, 5) is -0.372. The zero-order chi connectivity index (χ0) is 15.6. The van der Waals surface area contributed by atoms with E-state index in [2.05, 4.69) is 4.72 Å². The molecule has 0 bridgehead atoms. The van der Waals surface area contributed by atoms with Gasteiger partial charge in [0.2, 0.25) is 0 Å². The predicted octanol–water partition coefficient (Wildman–Crippen LogP) is 3.94. The summed E-state index contributed by atoms with van der Waals surface area (Å²) in [6.45, 7) is 0. The van der Waals surface area contributed by atoms with Crippen LogP contribution in [0, 0.1) is 5.82 Å². The van der Waals surface area contributed by atoms with Gasteiger partial charge in [0.15, 0.2) is 0 Å². The first-order valence-electron chi connectivity index (χ1n) is 5.65. The van der Waals surface area contributed by atoms with E-state index in [-0.39, 0.29) is 20.6 Å². The molecule has 0 unspecified atom stereocenters. The van der Waals surface area contributed by atoms with Crippen molar-refractivity contribution in [3.8, 4) is 5.75 Å². The summed E-state index contributed by atoms with van der Waals surface area (Å²) in [6, 6.07) is 7.53. The first-order chi connectivity index (χ1) is 9.83. The van der Waals surface area contributed by atoms with Gasteiger partial charge in [0.05, 0.1) is 22.8 Å². The summed E-state index contributed by atoms with van der Waals surface area (Å²) in [5.74, 6) is -0.293. The predicted molar refractivity (Wildman–Crippen MR) is 80.2 cm³/mol. The van der Waals surface area contributed by atoms with Gasteiger partial charge in [-0.3, -0.25) is 4.72 Å². The smallest absolute Gasteiger partial charge is 0.263 e. The lowest BCUT2D eigenvalue weighted by molar-refractivity contribution is 0.415. The van der Waals surface area contributed by atoms with Crippen LogP contribution in [0.15, 0.2) is 41.3 Å². The van der Waals surface area contributed by atoms with Gasteiger partial charge in [-0.25, -0.2) is 12.8 Å². The van der Waals surface area contributed by atoms with E-state index in [1.165, 1.54) is 25.3 Å². The van der Waals surface area contributed by atoms with E-state index in [0.717, 1.165) is 12.1 Å². The Morgan fingerprint density at radius 2 is 1.76 bits per heavy atom. The van der Waals surface area contributed by atoms with Gasteiger partial charge < -0.3 is 4.74 Å². The van der Waals surface area contributed by atoms with Crippen molar-refractivity contribution in [2.24, 2.45) is 0 Å². The molecule has 0 aromatic heterocycles. The second-order valence-electron chi connectivity index (χ2n) is 4.03. The lowest BCUT2D eigenvalue weighted by Crippen LogP contribution is -2.14. The number of methoxy groups -OCH3 is 1. The molecule has 0 saturated heterocycles. The van der Waals surface area contributed by atoms with Crippen molar-refractivity contribution in [2.75, 3.05) is 11.8 Å². The highest BCUT2D eigenvalue weighted by atomic mass is 35.5. The molecule has 1 N–H and O–H groups in total. The molecule has 2 aromatic rings. The van der Waals surface area contributed by atoms with Gasteiger partial charge in [-0.2, -0.15) is 0 Å². The van der Waals surface area contributed by atoms with Gasteiger partial charge in [0.25, 0.3) is 10.0 Å². The van der Waals surface area contributed by atoms with Crippen molar-refractivity contribution in [2.45, 2.75) is 4.90 Å². The highest BCUT2D eigenvalue weighted by Gasteiger charge is 2.20. The minimum Gasteiger partial charge on any atom is -0.497 e. The molecule has 0 aliphatic carbocycles. The number of hydrogen-bond acceptors (Lipinski definition) is 3. The molecule has 4 nitrogen and oxygen atoms in total. The van der Waals surface area contributed by atoms with E-state index in [1.807, 2.05) is 0 Å². The minimum atomic E-state index is -4.08. The molecule has 0 saturated carbocycles. The first-order valence-corrected chi connectivity index (χ1v) is 7.89. The van der Waals surface area contributed by atoms with Gasteiger partial charge in [-0.05, 0) is 30.3 Å². The second kappa shape index (κ2) is 6.09. The number of nitrogens with one attached hydrogen (secondary N) is 1. The molecule has 2 rings (SSSR count). The van der Waals surface area contributed by atoms with Crippen LogP contribution in [0.4, 0.5) is 10.1 Å². The molecule has 0 heterocycles. The van der Waals surface area contributed by atoms with Crippen LogP contribution >= 0.6 is 23.2 Å². The van der Waals surface area contributed by atoms with Crippen molar-refractivity contribution in [1.82, 2.24) is 0 Å². The molecule has 0 fully saturated rings. The van der Waals surface area contributed by atoms with Crippen LogP contribution in [0.2, 0.25) is 10.0 Å². The minimum absolute atomic E-state index is 0.0945. The molecule has 0 amide bonds. The Morgan fingerprint density at radius 3 is 2.43 bits per heavy atom. The van der Waals surface area contributed by atoms with Crippen LogP contribution in [0.25, 0.3) is 0 Å². The Balaban J connectivity index is 2.44. The first kappa shape index (κ1) is 15.9. The van der Waals surface area contributed by atoms with Crippen molar-refractivity contribution >= 4 is 38.9 Å². The van der Waals surface area contributed by atoms with Crippen LogP contribution in [0.1, 0.15) is 0 Å². The lowest BCUT2D eigenvalue weighted by Gasteiger charge is -2.12. The standard InChI is InChI=1S/C13H10Cl2FNO3S/c1-20-9-3-5-10(14)12(7-9)17-21(18,19)13-6-8(16)2-4-11(13)15/h2-7,17H,1H3. The van der Waals surface area contributed by atoms with Crippen molar-refractivity contribution in [3.63, 3.8) is 0 Å². The molecule has 0 atom stereocenters. The Labute approximate surface area is 131 Å². The third kappa shape index (κ3) is 3.58. The third-order valence-corrected chi connectivity index (χ3v) is 4.78. The summed E-state index contributed by atoms with van der Waals surface area (Å²) in [7, 11) is -2.64. The molecular weight excluding hydrogens is 340 g/mol. The lowest BCUT2D eigenvalue weighted by atomic mass is 10.3. The van der Waals surface area contributed by atoms with Gasteiger partial charge in [-0.15, -0.1) is 0 Å². The molecule has 8 heteroatoms. The monoisotopic (exact) mass is 349 g/mol. The maximum Gasteiger partial charge on any atom is 0.263 e. The number of anilines is 1. The van der Waals surface area contributed by atoms with E-state index in [1.54, 1.807) is 6.07 Å². The quantitative estimate of drug-likeness (QED) is 0.909. The number of hydrogen-bond donors (Lipinski definition) is 1. The van der Waals surface area contributed by atoms with Gasteiger partial charge in [-0.1, -0.05) is 23.2 Å². The molecule has 0 radical (unpaired) electrons. The van der Waals surface area contributed by atoms with Gasteiger partial charge in [0.1, 0.15) is 16.5 Å². The summed E-state index contributed by atoms with van der Waals surface area (Å²) >= 11 is 11.7. The Bertz CT molecular complexity index is 781. The normalized spacial score (nSPS) is 11.2. The van der Waals surface area contributed by atoms with Crippen molar-refractivity contribution in [1.29, 1.82) is 0 Å². The van der Waals surface area contributed by atoms with Crippen LogP contribution in [0.5, 0.6) is 5.75 Å². The maximum atomic E-state index is 13.2. The second-order valence-corrected chi connectivity index (χ2v) is 6.49. The largest absolute Gasteiger partial charge is 0.497 e. The Hall–Kier alpha value is -1.50. The molecule has 0 spiro atoms. The highest BCUT2D eigenvalue weighted by Crippen LogP contribution is 2.30. The van der Waals surface area contributed by atoms with Crippen molar-refractivity contribution in [3.05, 3.63) is 52.3 Å². The molecular formula is C13H10Cl2FNO3S. The van der Waals surface area contributed by atoms with Gasteiger partial charge in [0, 0.05) is 6.07 Å². The number of sulfonamides is 1. The maximum absolute atomic E-state index is 13.2. The van der Waals surface area contributed by atoms with E-state index in [4.69, 9.17) is 27.9 Å². The van der Waals surface area contributed by atoms with Crippen LogP contribution in [-0.2, 0) is 10.0 Å². The van der Waals surface area contributed by atoms with E-state index in [0.29, 0.717) is 5.75 Å². The fraction of sp³-hybridized carbons (Fsp3) is 0.0769. The van der Waals surface area contributed by atoms with E-state index >= 15 is 0 Å². The fourth-order valence-corrected chi connectivity index (χ4v) is 3.40. The number of benzene rings is 2. The highest BCUT2D eigenvalue weighted by molar-refractivity contribution is 7.92. The topological polar surface area (TPSA) is 55.4 Å². The summed E-state index contributed by atoms with van der Waals surface area (Å²) in [6.07, 6.45) is 0. The van der Waals surface area contributed by atoms with Crippen LogP contribution < -0.4 is 9.46 Å². The zero-order valence-electron chi connectivity index (χ0n) is 10.7. The van der Waals surface area contributed by atoms with Gasteiger partial charge >= 0.3 is 0 Å². The third-order valence-electron chi connectivity index (χ3n) is 2.60. The Kier molecular flexibility index (Phi) is 4.61.